The number of anilines is 9. The minimum Gasteiger partial charge on any atom is -0.309 e. The van der Waals surface area contributed by atoms with Gasteiger partial charge in [0.05, 0.1) is 42.7 Å². The molecule has 0 fully saturated rings. The van der Waals surface area contributed by atoms with Gasteiger partial charge in [-0.3, -0.25) is 0 Å². The van der Waals surface area contributed by atoms with E-state index in [0.29, 0.717) is 0 Å². The average Bonchev–Trinajstić information content (AvgIpc) is 2.03. The summed E-state index contributed by atoms with van der Waals surface area (Å²) < 4.78 is 2.55. The molecule has 0 bridgehead atoms. The van der Waals surface area contributed by atoms with Gasteiger partial charge in [-0.25, -0.2) is 0 Å². The van der Waals surface area contributed by atoms with Gasteiger partial charge < -0.3 is 14.7 Å². The van der Waals surface area contributed by atoms with E-state index < -0.39 is 0 Å². The van der Waals surface area contributed by atoms with Crippen LogP contribution in [0.4, 0.5) is 51.2 Å². The number of para-hydroxylation sites is 2. The molecule has 2 aliphatic carbocycles. The summed E-state index contributed by atoms with van der Waals surface area (Å²) in [7, 11) is 0. The molecule has 0 aliphatic heterocycles. The second-order valence-corrected chi connectivity index (χ2v) is 28.0. The number of hydrogen-bond donors (Lipinski definition) is 0. The number of hydrogen-bond acceptors (Lipinski definition) is 4. The molecular formula is C80H68IN3S. The number of rotatable bonds is 11. The van der Waals surface area contributed by atoms with Crippen molar-refractivity contribution in [1.29, 1.82) is 0 Å². The van der Waals surface area contributed by atoms with Crippen LogP contribution in [0.3, 0.4) is 0 Å². The van der Waals surface area contributed by atoms with E-state index in [0.717, 1.165) is 73.3 Å². The third-order valence-electron chi connectivity index (χ3n) is 18.3. The molecule has 0 atom stereocenters. The van der Waals surface area contributed by atoms with Crippen molar-refractivity contribution in [2.45, 2.75) is 78.6 Å². The number of benzene rings is 11. The Kier molecular flexibility index (Phi) is 13.4. The largest absolute Gasteiger partial charge is 0.309 e. The maximum absolute atomic E-state index is 2.64. The van der Waals surface area contributed by atoms with E-state index in [1.54, 1.807) is 0 Å². The molecule has 0 N–H and O–H groups in total. The summed E-state index contributed by atoms with van der Waals surface area (Å²) >= 11 is 4.53. The van der Waals surface area contributed by atoms with Crippen LogP contribution in [0.15, 0.2) is 249 Å². The summed E-state index contributed by atoms with van der Waals surface area (Å²) in [5.74, 6) is 0. The maximum Gasteiger partial charge on any atom is 0.0906 e. The number of aryl methyl sites for hydroxylation is 1. The minimum absolute atomic E-state index is 0.0116. The molecule has 1 heterocycles. The zero-order valence-electron chi connectivity index (χ0n) is 49.8. The lowest BCUT2D eigenvalue weighted by Crippen LogP contribution is -2.19. The van der Waals surface area contributed by atoms with E-state index in [-0.39, 0.29) is 16.2 Å². The normalized spacial score (nSPS) is 13.5. The fourth-order valence-corrected chi connectivity index (χ4v) is 16.0. The first kappa shape index (κ1) is 54.4. The van der Waals surface area contributed by atoms with Gasteiger partial charge in [0.2, 0.25) is 0 Å². The van der Waals surface area contributed by atoms with Crippen LogP contribution in [-0.2, 0) is 16.2 Å². The van der Waals surface area contributed by atoms with Crippen LogP contribution in [0.25, 0.3) is 54.6 Å². The molecule has 12 aromatic rings. The van der Waals surface area contributed by atoms with Crippen LogP contribution in [0.5, 0.6) is 0 Å². The second-order valence-electron chi connectivity index (χ2n) is 25.1. The van der Waals surface area contributed by atoms with Crippen LogP contribution >= 0.6 is 33.9 Å². The van der Waals surface area contributed by atoms with E-state index in [4.69, 9.17) is 0 Å². The van der Waals surface area contributed by atoms with Gasteiger partial charge in [-0.1, -0.05) is 230 Å². The fraction of sp³-hybridized carbons (Fsp3) is 0.150. The molecule has 5 heteroatoms. The first-order valence-electron chi connectivity index (χ1n) is 29.7. The molecule has 2 aliphatic rings. The highest BCUT2D eigenvalue weighted by Crippen LogP contribution is 2.58. The third-order valence-corrected chi connectivity index (χ3v) is 20.4. The van der Waals surface area contributed by atoms with Crippen LogP contribution in [0.1, 0.15) is 87.4 Å². The van der Waals surface area contributed by atoms with Crippen molar-refractivity contribution in [1.82, 2.24) is 0 Å². The molecule has 85 heavy (non-hydrogen) atoms. The minimum atomic E-state index is -0.219. The van der Waals surface area contributed by atoms with Crippen LogP contribution in [-0.4, -0.2) is 0 Å². The lowest BCUT2D eigenvalue weighted by molar-refractivity contribution is 0.590. The summed E-state index contributed by atoms with van der Waals surface area (Å²) in [5, 5.41) is 1.26. The van der Waals surface area contributed by atoms with Gasteiger partial charge in [0.15, 0.2) is 0 Å². The summed E-state index contributed by atoms with van der Waals surface area (Å²) in [5.41, 5.74) is 28.6. The molecule has 14 rings (SSSR count). The lowest BCUT2D eigenvalue weighted by atomic mass is 9.82. The Hall–Kier alpha value is -8.49. The Bertz CT molecular complexity index is 4480. The Morgan fingerprint density at radius 3 is 1.48 bits per heavy atom. The Morgan fingerprint density at radius 1 is 0.376 bits per heavy atom. The summed E-state index contributed by atoms with van der Waals surface area (Å²) in [6.07, 6.45) is 0. The van der Waals surface area contributed by atoms with Gasteiger partial charge in [-0.05, 0) is 175 Å². The molecule has 11 aromatic carbocycles. The first-order valence-corrected chi connectivity index (χ1v) is 31.6. The van der Waals surface area contributed by atoms with Crippen LogP contribution in [0.2, 0.25) is 0 Å². The number of thiophene rings is 1. The van der Waals surface area contributed by atoms with Crippen molar-refractivity contribution < 1.29 is 0 Å². The molecule has 0 saturated heterocycles. The maximum atomic E-state index is 2.64. The Morgan fingerprint density at radius 2 is 0.859 bits per heavy atom. The van der Waals surface area contributed by atoms with Gasteiger partial charge >= 0.3 is 0 Å². The molecule has 0 unspecified atom stereocenters. The molecular weight excluding hydrogens is 1160 g/mol. The molecule has 1 aromatic heterocycles. The van der Waals surface area contributed by atoms with Crippen LogP contribution < -0.4 is 14.7 Å². The predicted molar refractivity (Wildman–Crippen MR) is 373 cm³/mol. The summed E-state index contributed by atoms with van der Waals surface area (Å²) in [6.45, 7) is 21.1. The third kappa shape index (κ3) is 9.04. The fourth-order valence-electron chi connectivity index (χ4n) is 13.8. The molecule has 0 radical (unpaired) electrons. The Balaban J connectivity index is 1.04. The van der Waals surface area contributed by atoms with E-state index in [1.807, 2.05) is 11.3 Å². The number of fused-ring (bicyclic) bond motifs is 7. The zero-order valence-corrected chi connectivity index (χ0v) is 52.8. The zero-order chi connectivity index (χ0) is 58.5. The van der Waals surface area contributed by atoms with Gasteiger partial charge in [0.25, 0.3) is 0 Å². The SMILES string of the molecule is Cc1ccc(N(c2ccccc2-c2ccccc2)c2ccccc2-c2ccccc2)cc1N(c1cccc(N(c2ccc(C(C)(C)C)cc2)c2c(I)sc3cc4c(cc23)-c2ccccc2C4(C)C)c1C)c1cccc2c1-c1ccccc1C2(C)C. The topological polar surface area (TPSA) is 9.72 Å². The summed E-state index contributed by atoms with van der Waals surface area (Å²) in [6, 6.07) is 93.0. The van der Waals surface area contributed by atoms with Crippen molar-refractivity contribution in [3.05, 3.63) is 291 Å². The summed E-state index contributed by atoms with van der Waals surface area (Å²) in [4.78, 5) is 7.66. The van der Waals surface area contributed by atoms with E-state index in [9.17, 15) is 0 Å². The smallest absolute Gasteiger partial charge is 0.0906 e. The van der Waals surface area contributed by atoms with Crippen molar-refractivity contribution in [2.24, 2.45) is 0 Å². The van der Waals surface area contributed by atoms with Crippen LogP contribution in [0, 0.1) is 16.7 Å². The second kappa shape index (κ2) is 20.9. The monoisotopic (exact) mass is 1230 g/mol. The highest BCUT2D eigenvalue weighted by molar-refractivity contribution is 14.1. The molecule has 0 spiro atoms. The first-order chi connectivity index (χ1) is 41.1. The van der Waals surface area contributed by atoms with E-state index >= 15 is 0 Å². The molecule has 3 nitrogen and oxygen atoms in total. The van der Waals surface area contributed by atoms with Gasteiger partial charge in [-0.15, -0.1) is 11.3 Å². The van der Waals surface area contributed by atoms with E-state index in [2.05, 4.69) is 348 Å². The standard InChI is InChI=1S/C80H68IN3S/c1-51-42-45-57(82(70-37-22-18-30-58(70)53-26-12-10-13-27-53)71-38-23-19-31-59(71)54-28-14-11-15-29-54)48-73(51)84(72-41-24-36-66-75(72)61-33-17-21-35-65(61)79(66,6)7)69-40-25-39-68(52(69)2)83(56-46-43-55(44-47-56)78(3,4)5)76-63-49-62-60-32-16-20-34-64(60)80(8,9)67(62)50-74(63)85-77(76)81/h10-50H,1-9H3. The predicted octanol–water partition coefficient (Wildman–Crippen LogP) is 23.8. The highest BCUT2D eigenvalue weighted by Gasteiger charge is 2.40. The highest BCUT2D eigenvalue weighted by atomic mass is 127. The quantitative estimate of drug-likeness (QED) is 0.120. The molecule has 416 valence electrons. The van der Waals surface area contributed by atoms with Crippen molar-refractivity contribution in [3.8, 4) is 44.5 Å². The van der Waals surface area contributed by atoms with Crippen molar-refractivity contribution >= 4 is 95.2 Å². The average molecular weight is 1230 g/mol. The van der Waals surface area contributed by atoms with Gasteiger partial charge in [0.1, 0.15) is 0 Å². The molecule has 0 amide bonds. The lowest BCUT2D eigenvalue weighted by Gasteiger charge is -2.35. The van der Waals surface area contributed by atoms with Crippen molar-refractivity contribution in [3.63, 3.8) is 0 Å². The van der Waals surface area contributed by atoms with Gasteiger partial charge in [0, 0.05) is 49.0 Å². The molecule has 0 saturated carbocycles. The van der Waals surface area contributed by atoms with E-state index in [1.165, 1.54) is 74.3 Å². The number of halogens is 1. The number of nitrogens with zero attached hydrogens (tertiary/aromatic N) is 3. The van der Waals surface area contributed by atoms with Gasteiger partial charge in [-0.2, -0.15) is 0 Å². The Labute approximate surface area is 519 Å². The van der Waals surface area contributed by atoms with Crippen molar-refractivity contribution in [2.75, 3.05) is 14.7 Å².